The largest absolute Gasteiger partial charge is 0.444 e. The summed E-state index contributed by atoms with van der Waals surface area (Å²) in [4.78, 5) is 30.4. The van der Waals surface area contributed by atoms with Crippen LogP contribution in [0.1, 0.15) is 57.8 Å². The molecule has 1 aromatic rings. The van der Waals surface area contributed by atoms with E-state index in [1.165, 1.54) is 0 Å². The zero-order valence-electron chi connectivity index (χ0n) is 16.3. The van der Waals surface area contributed by atoms with Crippen LogP contribution >= 0.6 is 0 Å². The summed E-state index contributed by atoms with van der Waals surface area (Å²) in [5.74, 6) is 0.617. The number of hydrogen-bond donors (Lipinski definition) is 2. The van der Waals surface area contributed by atoms with Crippen molar-refractivity contribution in [3.63, 3.8) is 0 Å². The van der Waals surface area contributed by atoms with Crippen molar-refractivity contribution in [3.05, 3.63) is 23.9 Å². The second-order valence-electron chi connectivity index (χ2n) is 7.95. The van der Waals surface area contributed by atoms with Gasteiger partial charge in [0.2, 0.25) is 0 Å². The average molecular weight is 362 g/mol. The lowest BCUT2D eigenvalue weighted by molar-refractivity contribution is 0.0199. The Morgan fingerprint density at radius 2 is 1.88 bits per heavy atom. The lowest BCUT2D eigenvalue weighted by atomic mass is 10.0. The molecule has 2 N–H and O–H groups in total. The minimum absolute atomic E-state index is 0.0506. The van der Waals surface area contributed by atoms with Crippen LogP contribution in [0.2, 0.25) is 0 Å². The zero-order valence-corrected chi connectivity index (χ0v) is 16.3. The number of amides is 2. The number of hydrogen-bond acceptors (Lipinski definition) is 5. The molecule has 0 spiro atoms. The molecule has 0 aliphatic carbocycles. The Balaban J connectivity index is 1.81. The third-order valence-corrected chi connectivity index (χ3v) is 3.94. The molecule has 2 heterocycles. The minimum atomic E-state index is -0.494. The van der Waals surface area contributed by atoms with E-state index >= 15 is 0 Å². The van der Waals surface area contributed by atoms with Gasteiger partial charge in [0.15, 0.2) is 0 Å². The fraction of sp³-hybridized carbons (Fsp3) is 0.632. The quantitative estimate of drug-likeness (QED) is 0.860. The van der Waals surface area contributed by atoms with Gasteiger partial charge in [0.25, 0.3) is 5.91 Å². The molecule has 2 amide bonds. The first-order valence-corrected chi connectivity index (χ1v) is 9.15. The van der Waals surface area contributed by atoms with E-state index in [1.54, 1.807) is 23.2 Å². The number of piperidine rings is 1. The summed E-state index contributed by atoms with van der Waals surface area (Å²) in [7, 11) is 0. The van der Waals surface area contributed by atoms with Crippen LogP contribution in [0.15, 0.2) is 18.3 Å². The number of nitrogens with one attached hydrogen (secondary N) is 2. The topological polar surface area (TPSA) is 83.6 Å². The Morgan fingerprint density at radius 1 is 1.23 bits per heavy atom. The van der Waals surface area contributed by atoms with Crippen LogP contribution < -0.4 is 10.6 Å². The molecule has 1 aliphatic rings. The van der Waals surface area contributed by atoms with Crippen molar-refractivity contribution in [2.75, 3.05) is 18.4 Å². The van der Waals surface area contributed by atoms with Crippen LogP contribution in [0.4, 0.5) is 10.6 Å². The Labute approximate surface area is 155 Å². The van der Waals surface area contributed by atoms with E-state index < -0.39 is 5.60 Å². The molecule has 0 saturated carbocycles. The molecule has 26 heavy (non-hydrogen) atoms. The number of rotatable bonds is 4. The first-order valence-electron chi connectivity index (χ1n) is 9.15. The Bertz CT molecular complexity index is 615. The van der Waals surface area contributed by atoms with Gasteiger partial charge in [0, 0.05) is 31.4 Å². The molecule has 0 radical (unpaired) electrons. The predicted molar refractivity (Wildman–Crippen MR) is 101 cm³/mol. The molecule has 0 atom stereocenters. The van der Waals surface area contributed by atoms with Crippen molar-refractivity contribution in [2.45, 2.75) is 65.1 Å². The summed E-state index contributed by atoms with van der Waals surface area (Å²) in [6.07, 6.45) is 2.71. The summed E-state index contributed by atoms with van der Waals surface area (Å²) in [6.45, 7) is 10.8. The van der Waals surface area contributed by atoms with Crippen molar-refractivity contribution in [1.82, 2.24) is 15.2 Å². The second-order valence-corrected chi connectivity index (χ2v) is 7.95. The van der Waals surface area contributed by atoms with Gasteiger partial charge >= 0.3 is 6.09 Å². The molecule has 1 fully saturated rings. The molecule has 144 valence electrons. The average Bonchev–Trinajstić information content (AvgIpc) is 2.54. The third-order valence-electron chi connectivity index (χ3n) is 3.94. The van der Waals surface area contributed by atoms with Gasteiger partial charge < -0.3 is 20.3 Å². The highest BCUT2D eigenvalue weighted by Crippen LogP contribution is 2.16. The van der Waals surface area contributed by atoms with Crippen molar-refractivity contribution < 1.29 is 14.3 Å². The van der Waals surface area contributed by atoms with Gasteiger partial charge in [-0.3, -0.25) is 4.79 Å². The van der Waals surface area contributed by atoms with Crippen LogP contribution in [-0.2, 0) is 4.74 Å². The molecule has 1 aliphatic heterocycles. The summed E-state index contributed by atoms with van der Waals surface area (Å²) in [5.41, 5.74) is 0.0417. The molecular weight excluding hydrogens is 332 g/mol. The second kappa shape index (κ2) is 8.38. The van der Waals surface area contributed by atoms with E-state index in [1.807, 2.05) is 34.6 Å². The molecular formula is C19H30N4O3. The van der Waals surface area contributed by atoms with Crippen molar-refractivity contribution >= 4 is 17.8 Å². The first-order chi connectivity index (χ1) is 12.1. The molecule has 0 unspecified atom stereocenters. The number of pyridine rings is 1. The fourth-order valence-corrected chi connectivity index (χ4v) is 2.71. The van der Waals surface area contributed by atoms with Crippen molar-refractivity contribution in [1.29, 1.82) is 0 Å². The Morgan fingerprint density at radius 3 is 2.38 bits per heavy atom. The van der Waals surface area contributed by atoms with E-state index in [0.717, 1.165) is 5.82 Å². The lowest BCUT2D eigenvalue weighted by Gasteiger charge is -2.33. The van der Waals surface area contributed by atoms with Crippen LogP contribution in [0.5, 0.6) is 0 Å². The molecule has 1 aromatic heterocycles. The van der Waals surface area contributed by atoms with Crippen LogP contribution in [0.3, 0.4) is 0 Å². The molecule has 1 saturated heterocycles. The number of carbonyl (C=O) groups excluding carboxylic acids is 2. The maximum Gasteiger partial charge on any atom is 0.410 e. The highest BCUT2D eigenvalue weighted by atomic mass is 16.6. The Kier molecular flexibility index (Phi) is 6.45. The SMILES string of the molecule is CC(C)Nc1ccc(C(=O)NC2CCN(C(=O)OC(C)(C)C)CC2)cn1. The van der Waals surface area contributed by atoms with E-state index in [-0.39, 0.29) is 24.1 Å². The van der Waals surface area contributed by atoms with E-state index in [4.69, 9.17) is 4.74 Å². The number of nitrogens with zero attached hydrogens (tertiary/aromatic N) is 2. The third kappa shape index (κ3) is 6.20. The zero-order chi connectivity index (χ0) is 19.3. The Hall–Kier alpha value is -2.31. The summed E-state index contributed by atoms with van der Waals surface area (Å²) in [5, 5.41) is 6.22. The van der Waals surface area contributed by atoms with Gasteiger partial charge in [-0.25, -0.2) is 9.78 Å². The smallest absolute Gasteiger partial charge is 0.410 e. The number of aromatic nitrogens is 1. The van der Waals surface area contributed by atoms with Gasteiger partial charge in [-0.15, -0.1) is 0 Å². The van der Waals surface area contributed by atoms with E-state index in [0.29, 0.717) is 31.5 Å². The van der Waals surface area contributed by atoms with Gasteiger partial charge in [-0.1, -0.05) is 0 Å². The highest BCUT2D eigenvalue weighted by Gasteiger charge is 2.27. The van der Waals surface area contributed by atoms with Crippen molar-refractivity contribution in [3.8, 4) is 0 Å². The highest BCUT2D eigenvalue weighted by molar-refractivity contribution is 5.94. The van der Waals surface area contributed by atoms with Gasteiger partial charge in [-0.05, 0) is 59.6 Å². The fourth-order valence-electron chi connectivity index (χ4n) is 2.71. The molecule has 0 aromatic carbocycles. The predicted octanol–water partition coefficient (Wildman–Crippen LogP) is 3.03. The lowest BCUT2D eigenvalue weighted by Crippen LogP contribution is -2.47. The normalized spacial score (nSPS) is 15.7. The standard InChI is InChI=1S/C19H30N4O3/c1-13(2)21-16-7-6-14(12-20-16)17(24)22-15-8-10-23(11-9-15)18(25)26-19(3,4)5/h6-7,12-13,15H,8-11H2,1-5H3,(H,20,21)(H,22,24). The number of likely N-dealkylation sites (tertiary alicyclic amines) is 1. The summed E-state index contributed by atoms with van der Waals surface area (Å²) >= 11 is 0. The van der Waals surface area contributed by atoms with Crippen LogP contribution in [0, 0.1) is 0 Å². The first kappa shape index (κ1) is 20.0. The molecule has 7 heteroatoms. The monoisotopic (exact) mass is 362 g/mol. The summed E-state index contributed by atoms with van der Waals surface area (Å²) < 4.78 is 5.39. The molecule has 7 nitrogen and oxygen atoms in total. The van der Waals surface area contributed by atoms with Gasteiger partial charge in [0.1, 0.15) is 11.4 Å². The van der Waals surface area contributed by atoms with Crippen LogP contribution in [-0.4, -0.2) is 52.7 Å². The number of carbonyl (C=O) groups is 2. The number of ether oxygens (including phenoxy) is 1. The van der Waals surface area contributed by atoms with E-state index in [2.05, 4.69) is 15.6 Å². The molecule has 2 rings (SSSR count). The van der Waals surface area contributed by atoms with Gasteiger partial charge in [0.05, 0.1) is 5.56 Å². The summed E-state index contributed by atoms with van der Waals surface area (Å²) in [6, 6.07) is 3.91. The van der Waals surface area contributed by atoms with Crippen LogP contribution in [0.25, 0.3) is 0 Å². The van der Waals surface area contributed by atoms with E-state index in [9.17, 15) is 9.59 Å². The maximum absolute atomic E-state index is 12.4. The van der Waals surface area contributed by atoms with Gasteiger partial charge in [-0.2, -0.15) is 0 Å². The minimum Gasteiger partial charge on any atom is -0.444 e. The van der Waals surface area contributed by atoms with Crippen molar-refractivity contribution in [2.24, 2.45) is 0 Å². The number of anilines is 1. The molecule has 0 bridgehead atoms. The maximum atomic E-state index is 12.4.